The van der Waals surface area contributed by atoms with Crippen molar-refractivity contribution in [3.05, 3.63) is 53.1 Å². The van der Waals surface area contributed by atoms with Gasteiger partial charge in [-0.1, -0.05) is 17.7 Å². The lowest BCUT2D eigenvalue weighted by Gasteiger charge is -2.10. The van der Waals surface area contributed by atoms with E-state index in [1.807, 2.05) is 31.2 Å². The molecule has 110 valence electrons. The third-order valence-electron chi connectivity index (χ3n) is 3.17. The summed E-state index contributed by atoms with van der Waals surface area (Å²) >= 11 is 0. The number of aryl methyl sites for hydroxylation is 3. The predicted molar refractivity (Wildman–Crippen MR) is 82.9 cm³/mol. The Labute approximate surface area is 124 Å². The summed E-state index contributed by atoms with van der Waals surface area (Å²) in [6.07, 6.45) is 0. The maximum absolute atomic E-state index is 11.9. The molecular weight excluding hydrogens is 266 g/mol. The first-order chi connectivity index (χ1) is 9.95. The molecular formula is C17H19NO3. The van der Waals surface area contributed by atoms with Gasteiger partial charge in [0.25, 0.3) is 5.91 Å². The van der Waals surface area contributed by atoms with Gasteiger partial charge < -0.3 is 15.2 Å². The molecule has 0 atom stereocenters. The van der Waals surface area contributed by atoms with Gasteiger partial charge in [-0.15, -0.1) is 0 Å². The van der Waals surface area contributed by atoms with E-state index in [9.17, 15) is 9.90 Å². The Morgan fingerprint density at radius 3 is 2.24 bits per heavy atom. The Kier molecular flexibility index (Phi) is 4.48. The highest BCUT2D eigenvalue weighted by Crippen LogP contribution is 2.25. The largest absolute Gasteiger partial charge is 0.507 e. The SMILES string of the molecule is Cc1ccc(OCC(=O)Nc2cc(C)c(O)c(C)c2)cc1. The molecule has 21 heavy (non-hydrogen) atoms. The number of carbonyl (C=O) groups excluding carboxylic acids is 1. The lowest BCUT2D eigenvalue weighted by molar-refractivity contribution is -0.118. The molecule has 0 spiro atoms. The van der Waals surface area contributed by atoms with E-state index >= 15 is 0 Å². The zero-order valence-corrected chi connectivity index (χ0v) is 12.4. The normalized spacial score (nSPS) is 10.2. The molecule has 0 aliphatic rings. The van der Waals surface area contributed by atoms with Gasteiger partial charge in [0.05, 0.1) is 0 Å². The number of benzene rings is 2. The third kappa shape index (κ3) is 3.99. The molecule has 0 fully saturated rings. The molecule has 1 amide bonds. The second kappa shape index (κ2) is 6.31. The molecule has 2 N–H and O–H groups in total. The number of hydrogen-bond donors (Lipinski definition) is 2. The average Bonchev–Trinajstić information content (AvgIpc) is 2.44. The average molecular weight is 285 g/mol. The van der Waals surface area contributed by atoms with Gasteiger partial charge in [-0.25, -0.2) is 0 Å². The van der Waals surface area contributed by atoms with E-state index in [2.05, 4.69) is 5.32 Å². The van der Waals surface area contributed by atoms with Crippen molar-refractivity contribution in [2.75, 3.05) is 11.9 Å². The van der Waals surface area contributed by atoms with Crippen molar-refractivity contribution in [1.29, 1.82) is 0 Å². The van der Waals surface area contributed by atoms with E-state index in [-0.39, 0.29) is 18.3 Å². The Hall–Kier alpha value is -2.49. The molecule has 0 aliphatic carbocycles. The van der Waals surface area contributed by atoms with Gasteiger partial charge in [-0.05, 0) is 56.2 Å². The molecule has 2 rings (SSSR count). The van der Waals surface area contributed by atoms with Crippen LogP contribution in [0.4, 0.5) is 5.69 Å². The Balaban J connectivity index is 1.94. The molecule has 0 aromatic heterocycles. The summed E-state index contributed by atoms with van der Waals surface area (Å²) in [6.45, 7) is 5.52. The minimum atomic E-state index is -0.236. The van der Waals surface area contributed by atoms with Crippen molar-refractivity contribution in [2.24, 2.45) is 0 Å². The fourth-order valence-electron chi connectivity index (χ4n) is 2.01. The lowest BCUT2D eigenvalue weighted by Crippen LogP contribution is -2.20. The maximum atomic E-state index is 11.9. The van der Waals surface area contributed by atoms with Crippen molar-refractivity contribution in [3.8, 4) is 11.5 Å². The second-order valence-corrected chi connectivity index (χ2v) is 5.11. The van der Waals surface area contributed by atoms with E-state index in [1.165, 1.54) is 0 Å². The van der Waals surface area contributed by atoms with Crippen LogP contribution >= 0.6 is 0 Å². The molecule has 0 radical (unpaired) electrons. The van der Waals surface area contributed by atoms with Gasteiger partial charge in [-0.2, -0.15) is 0 Å². The highest BCUT2D eigenvalue weighted by Gasteiger charge is 2.07. The summed E-state index contributed by atoms with van der Waals surface area (Å²) in [7, 11) is 0. The summed E-state index contributed by atoms with van der Waals surface area (Å²) in [5, 5.41) is 12.5. The van der Waals surface area contributed by atoms with Crippen LogP contribution in [0.25, 0.3) is 0 Å². The zero-order chi connectivity index (χ0) is 15.4. The first-order valence-electron chi connectivity index (χ1n) is 6.75. The standard InChI is InChI=1S/C17H19NO3/c1-11-4-6-15(7-5-11)21-10-16(19)18-14-8-12(2)17(20)13(3)9-14/h4-9,20H,10H2,1-3H3,(H,18,19). The minimum absolute atomic E-state index is 0.0535. The Bertz CT molecular complexity index is 625. The van der Waals surface area contributed by atoms with E-state index < -0.39 is 0 Å². The first kappa shape index (κ1) is 14.9. The number of anilines is 1. The quantitative estimate of drug-likeness (QED) is 0.847. The number of ether oxygens (including phenoxy) is 1. The van der Waals surface area contributed by atoms with Gasteiger partial charge >= 0.3 is 0 Å². The lowest BCUT2D eigenvalue weighted by atomic mass is 10.1. The third-order valence-corrected chi connectivity index (χ3v) is 3.17. The van der Waals surface area contributed by atoms with Crippen LogP contribution in [0.3, 0.4) is 0 Å². The molecule has 0 saturated heterocycles. The van der Waals surface area contributed by atoms with E-state index in [4.69, 9.17) is 4.74 Å². The van der Waals surface area contributed by atoms with Crippen LogP contribution in [-0.4, -0.2) is 17.6 Å². The molecule has 2 aromatic carbocycles. The number of hydrogen-bond acceptors (Lipinski definition) is 3. The van der Waals surface area contributed by atoms with Crippen LogP contribution in [0.2, 0.25) is 0 Å². The Morgan fingerprint density at radius 1 is 1.10 bits per heavy atom. The van der Waals surface area contributed by atoms with Gasteiger partial charge in [0.1, 0.15) is 11.5 Å². The number of aromatic hydroxyl groups is 1. The highest BCUT2D eigenvalue weighted by atomic mass is 16.5. The van der Waals surface area contributed by atoms with Crippen LogP contribution in [0.15, 0.2) is 36.4 Å². The number of rotatable bonds is 4. The molecule has 0 heterocycles. The fourth-order valence-corrected chi connectivity index (χ4v) is 2.01. The number of carbonyl (C=O) groups is 1. The highest BCUT2D eigenvalue weighted by molar-refractivity contribution is 5.92. The summed E-state index contributed by atoms with van der Waals surface area (Å²) in [5.74, 6) is 0.679. The van der Waals surface area contributed by atoms with Crippen molar-refractivity contribution in [1.82, 2.24) is 0 Å². The molecule has 0 saturated carbocycles. The van der Waals surface area contributed by atoms with Crippen LogP contribution in [-0.2, 0) is 4.79 Å². The number of phenols is 1. The van der Waals surface area contributed by atoms with Crippen molar-refractivity contribution in [2.45, 2.75) is 20.8 Å². The summed E-state index contributed by atoms with van der Waals surface area (Å²) < 4.78 is 5.42. The fraction of sp³-hybridized carbons (Fsp3) is 0.235. The summed E-state index contributed by atoms with van der Waals surface area (Å²) in [4.78, 5) is 11.9. The second-order valence-electron chi connectivity index (χ2n) is 5.11. The van der Waals surface area contributed by atoms with Gasteiger partial charge in [0.2, 0.25) is 0 Å². The summed E-state index contributed by atoms with van der Waals surface area (Å²) in [5.41, 5.74) is 3.25. The Morgan fingerprint density at radius 2 is 1.67 bits per heavy atom. The zero-order valence-electron chi connectivity index (χ0n) is 12.4. The molecule has 2 aromatic rings. The minimum Gasteiger partial charge on any atom is -0.507 e. The molecule has 0 aliphatic heterocycles. The van der Waals surface area contributed by atoms with E-state index in [1.54, 1.807) is 26.0 Å². The van der Waals surface area contributed by atoms with Gasteiger partial charge in [0.15, 0.2) is 6.61 Å². The smallest absolute Gasteiger partial charge is 0.262 e. The van der Waals surface area contributed by atoms with Crippen LogP contribution < -0.4 is 10.1 Å². The number of nitrogens with one attached hydrogen (secondary N) is 1. The van der Waals surface area contributed by atoms with Crippen LogP contribution in [0, 0.1) is 20.8 Å². The number of phenolic OH excluding ortho intramolecular Hbond substituents is 1. The predicted octanol–water partition coefficient (Wildman–Crippen LogP) is 3.33. The topological polar surface area (TPSA) is 58.6 Å². The summed E-state index contributed by atoms with van der Waals surface area (Å²) in [6, 6.07) is 11.0. The molecule has 4 heteroatoms. The first-order valence-corrected chi connectivity index (χ1v) is 6.75. The monoisotopic (exact) mass is 285 g/mol. The van der Waals surface area contributed by atoms with Gasteiger partial charge in [0, 0.05) is 5.69 Å². The van der Waals surface area contributed by atoms with Crippen molar-refractivity contribution in [3.63, 3.8) is 0 Å². The maximum Gasteiger partial charge on any atom is 0.262 e. The van der Waals surface area contributed by atoms with Crippen molar-refractivity contribution >= 4 is 11.6 Å². The number of amides is 1. The van der Waals surface area contributed by atoms with E-state index in [0.29, 0.717) is 11.4 Å². The van der Waals surface area contributed by atoms with Crippen LogP contribution in [0.1, 0.15) is 16.7 Å². The van der Waals surface area contributed by atoms with Gasteiger partial charge in [-0.3, -0.25) is 4.79 Å². The van der Waals surface area contributed by atoms with Crippen molar-refractivity contribution < 1.29 is 14.6 Å². The van der Waals surface area contributed by atoms with Crippen LogP contribution in [0.5, 0.6) is 11.5 Å². The molecule has 4 nitrogen and oxygen atoms in total. The molecule has 0 unspecified atom stereocenters. The molecule has 0 bridgehead atoms. The van der Waals surface area contributed by atoms with E-state index in [0.717, 1.165) is 16.7 Å².